The Morgan fingerprint density at radius 3 is 3.21 bits per heavy atom. The summed E-state index contributed by atoms with van der Waals surface area (Å²) in [5, 5.41) is 9.01. The second-order valence-corrected chi connectivity index (χ2v) is 3.76. The van der Waals surface area contributed by atoms with Gasteiger partial charge in [-0.2, -0.15) is 0 Å². The van der Waals surface area contributed by atoms with Gasteiger partial charge < -0.3 is 9.67 Å². The molecule has 0 atom stereocenters. The molecule has 0 fully saturated rings. The van der Waals surface area contributed by atoms with Crippen LogP contribution in [0.3, 0.4) is 0 Å². The Hall–Kier alpha value is -1.35. The van der Waals surface area contributed by atoms with Crippen molar-refractivity contribution in [2.75, 3.05) is 0 Å². The summed E-state index contributed by atoms with van der Waals surface area (Å²) in [7, 11) is 0. The second kappa shape index (κ2) is 2.82. The fraction of sp³-hybridized carbons (Fsp3) is 0.364. The van der Waals surface area contributed by atoms with E-state index in [4.69, 9.17) is 5.11 Å². The Morgan fingerprint density at radius 1 is 1.43 bits per heavy atom. The van der Waals surface area contributed by atoms with E-state index in [0.717, 1.165) is 24.0 Å². The Morgan fingerprint density at radius 2 is 2.36 bits per heavy atom. The normalized spacial score (nSPS) is 14.9. The lowest BCUT2D eigenvalue weighted by Gasteiger charge is -1.99. The summed E-state index contributed by atoms with van der Waals surface area (Å²) in [6.07, 6.45) is 2.29. The number of aromatic nitrogens is 2. The van der Waals surface area contributed by atoms with Gasteiger partial charge in [-0.15, -0.1) is 0 Å². The molecule has 2 aromatic rings. The molecule has 3 heteroatoms. The summed E-state index contributed by atoms with van der Waals surface area (Å²) in [4.78, 5) is 4.55. The van der Waals surface area contributed by atoms with Gasteiger partial charge in [0.2, 0.25) is 0 Å². The van der Waals surface area contributed by atoms with E-state index in [0.29, 0.717) is 0 Å². The van der Waals surface area contributed by atoms with E-state index in [9.17, 15) is 0 Å². The van der Waals surface area contributed by atoms with Crippen LogP contribution in [0.2, 0.25) is 0 Å². The maximum atomic E-state index is 9.01. The first kappa shape index (κ1) is 8.00. The first-order valence-corrected chi connectivity index (χ1v) is 4.97. The average molecular weight is 188 g/mol. The molecule has 3 rings (SSSR count). The predicted octanol–water partition coefficient (Wildman–Crippen LogP) is 1.47. The SMILES string of the molecule is OCc1ccc2c(c1)nc1n2CCC1. The van der Waals surface area contributed by atoms with E-state index in [-0.39, 0.29) is 6.61 Å². The van der Waals surface area contributed by atoms with Gasteiger partial charge in [-0.1, -0.05) is 6.07 Å². The highest BCUT2D eigenvalue weighted by Gasteiger charge is 2.15. The number of aliphatic hydroxyl groups is 1. The van der Waals surface area contributed by atoms with Gasteiger partial charge in [-0.25, -0.2) is 4.98 Å². The van der Waals surface area contributed by atoms with E-state index in [1.165, 1.54) is 17.8 Å². The van der Waals surface area contributed by atoms with Crippen molar-refractivity contribution in [3.63, 3.8) is 0 Å². The summed E-state index contributed by atoms with van der Waals surface area (Å²) in [6.45, 7) is 1.18. The van der Waals surface area contributed by atoms with E-state index in [1.807, 2.05) is 12.1 Å². The van der Waals surface area contributed by atoms with Crippen molar-refractivity contribution in [1.29, 1.82) is 0 Å². The molecule has 1 aliphatic heterocycles. The molecular formula is C11H12N2O. The van der Waals surface area contributed by atoms with Crippen molar-refractivity contribution in [2.24, 2.45) is 0 Å². The highest BCUT2D eigenvalue weighted by Crippen LogP contribution is 2.23. The lowest BCUT2D eigenvalue weighted by molar-refractivity contribution is 0.282. The van der Waals surface area contributed by atoms with Gasteiger partial charge in [-0.3, -0.25) is 0 Å². The van der Waals surface area contributed by atoms with Crippen LogP contribution >= 0.6 is 0 Å². The van der Waals surface area contributed by atoms with Gasteiger partial charge in [0, 0.05) is 13.0 Å². The Balaban J connectivity index is 2.27. The molecular weight excluding hydrogens is 176 g/mol. The van der Waals surface area contributed by atoms with Gasteiger partial charge in [0.05, 0.1) is 17.6 Å². The maximum absolute atomic E-state index is 9.01. The predicted molar refractivity (Wildman–Crippen MR) is 54.0 cm³/mol. The van der Waals surface area contributed by atoms with Crippen molar-refractivity contribution < 1.29 is 5.11 Å². The zero-order chi connectivity index (χ0) is 9.54. The van der Waals surface area contributed by atoms with Crippen LogP contribution in [-0.2, 0) is 19.6 Å². The zero-order valence-electron chi connectivity index (χ0n) is 7.90. The van der Waals surface area contributed by atoms with E-state index in [1.54, 1.807) is 0 Å². The molecule has 1 aromatic carbocycles. The molecule has 72 valence electrons. The summed E-state index contributed by atoms with van der Waals surface area (Å²) >= 11 is 0. The molecule has 0 saturated heterocycles. The minimum Gasteiger partial charge on any atom is -0.392 e. The molecule has 0 aliphatic carbocycles. The second-order valence-electron chi connectivity index (χ2n) is 3.76. The van der Waals surface area contributed by atoms with Gasteiger partial charge in [0.25, 0.3) is 0 Å². The molecule has 2 heterocycles. The molecule has 0 unspecified atom stereocenters. The average Bonchev–Trinajstić information content (AvgIpc) is 2.75. The van der Waals surface area contributed by atoms with Crippen LogP contribution in [0, 0.1) is 0 Å². The topological polar surface area (TPSA) is 38.1 Å². The number of aryl methyl sites for hydroxylation is 2. The van der Waals surface area contributed by atoms with E-state index >= 15 is 0 Å². The minimum absolute atomic E-state index is 0.0954. The van der Waals surface area contributed by atoms with Gasteiger partial charge >= 0.3 is 0 Å². The van der Waals surface area contributed by atoms with Crippen LogP contribution in [0.25, 0.3) is 11.0 Å². The molecule has 0 spiro atoms. The van der Waals surface area contributed by atoms with Crippen molar-refractivity contribution >= 4 is 11.0 Å². The summed E-state index contributed by atoms with van der Waals surface area (Å²) in [5.41, 5.74) is 3.16. The minimum atomic E-state index is 0.0954. The molecule has 14 heavy (non-hydrogen) atoms. The van der Waals surface area contributed by atoms with Crippen molar-refractivity contribution in [3.8, 4) is 0 Å². The first-order valence-electron chi connectivity index (χ1n) is 4.97. The molecule has 0 radical (unpaired) electrons. The van der Waals surface area contributed by atoms with Crippen LogP contribution in [0.4, 0.5) is 0 Å². The van der Waals surface area contributed by atoms with Crippen molar-refractivity contribution in [1.82, 2.24) is 9.55 Å². The van der Waals surface area contributed by atoms with Gasteiger partial charge in [-0.05, 0) is 24.1 Å². The largest absolute Gasteiger partial charge is 0.392 e. The van der Waals surface area contributed by atoms with Crippen LogP contribution < -0.4 is 0 Å². The summed E-state index contributed by atoms with van der Waals surface area (Å²) in [5.74, 6) is 1.19. The maximum Gasteiger partial charge on any atom is 0.109 e. The van der Waals surface area contributed by atoms with Crippen LogP contribution in [0.15, 0.2) is 18.2 Å². The third-order valence-electron chi connectivity index (χ3n) is 2.86. The molecule has 0 saturated carbocycles. The highest BCUT2D eigenvalue weighted by molar-refractivity contribution is 5.77. The Labute approximate surface area is 82.0 Å². The van der Waals surface area contributed by atoms with Crippen LogP contribution in [0.5, 0.6) is 0 Å². The number of hydrogen-bond donors (Lipinski definition) is 1. The number of fused-ring (bicyclic) bond motifs is 3. The van der Waals surface area contributed by atoms with Gasteiger partial charge in [0.1, 0.15) is 5.82 Å². The molecule has 1 N–H and O–H groups in total. The Bertz CT molecular complexity index is 487. The summed E-state index contributed by atoms with van der Waals surface area (Å²) in [6, 6.07) is 6.00. The fourth-order valence-corrected chi connectivity index (χ4v) is 2.16. The zero-order valence-corrected chi connectivity index (χ0v) is 7.90. The summed E-state index contributed by atoms with van der Waals surface area (Å²) < 4.78 is 2.27. The number of nitrogens with zero attached hydrogens (tertiary/aromatic N) is 2. The lowest BCUT2D eigenvalue weighted by Crippen LogP contribution is -1.91. The van der Waals surface area contributed by atoms with Crippen molar-refractivity contribution in [2.45, 2.75) is 26.0 Å². The lowest BCUT2D eigenvalue weighted by atomic mass is 10.2. The van der Waals surface area contributed by atoms with E-state index < -0.39 is 0 Å². The molecule has 1 aromatic heterocycles. The molecule has 1 aliphatic rings. The van der Waals surface area contributed by atoms with Crippen molar-refractivity contribution in [3.05, 3.63) is 29.6 Å². The smallest absolute Gasteiger partial charge is 0.109 e. The fourth-order valence-electron chi connectivity index (χ4n) is 2.16. The number of rotatable bonds is 1. The molecule has 3 nitrogen and oxygen atoms in total. The molecule has 0 amide bonds. The van der Waals surface area contributed by atoms with Crippen LogP contribution in [0.1, 0.15) is 17.8 Å². The van der Waals surface area contributed by atoms with E-state index in [2.05, 4.69) is 15.6 Å². The highest BCUT2D eigenvalue weighted by atomic mass is 16.3. The number of aliphatic hydroxyl groups excluding tert-OH is 1. The van der Waals surface area contributed by atoms with Gasteiger partial charge in [0.15, 0.2) is 0 Å². The third-order valence-corrected chi connectivity index (χ3v) is 2.86. The quantitative estimate of drug-likeness (QED) is 0.736. The monoisotopic (exact) mass is 188 g/mol. The number of imidazole rings is 1. The number of benzene rings is 1. The number of hydrogen-bond acceptors (Lipinski definition) is 2. The third kappa shape index (κ3) is 0.990. The molecule has 0 bridgehead atoms. The first-order chi connectivity index (χ1) is 6.88. The van der Waals surface area contributed by atoms with Crippen LogP contribution in [-0.4, -0.2) is 14.7 Å². The standard InChI is InChI=1S/C11H12N2O/c14-7-8-3-4-10-9(6-8)12-11-2-1-5-13(10)11/h3-4,6,14H,1-2,5,7H2. The Kier molecular flexibility index (Phi) is 1.61.